The normalized spacial score (nSPS) is 21.2. The zero-order valence-electron chi connectivity index (χ0n) is 53.2. The van der Waals surface area contributed by atoms with Crippen molar-refractivity contribution >= 4 is 101 Å². The average Bonchev–Trinajstić information content (AvgIpc) is 1.46. The molecule has 3 fully saturated rings. The molecule has 20 heteroatoms. The van der Waals surface area contributed by atoms with Crippen molar-refractivity contribution in [3.63, 3.8) is 0 Å². The van der Waals surface area contributed by atoms with Gasteiger partial charge in [0.1, 0.15) is 41.8 Å². The van der Waals surface area contributed by atoms with Crippen molar-refractivity contribution in [3.05, 3.63) is 216 Å². The van der Waals surface area contributed by atoms with Gasteiger partial charge in [-0.15, -0.1) is 18.2 Å². The van der Waals surface area contributed by atoms with Crippen molar-refractivity contribution in [2.75, 3.05) is 37.1 Å². The maximum atomic E-state index is 13.4. The van der Waals surface area contributed by atoms with Crippen LogP contribution in [-0.4, -0.2) is 85.8 Å². The van der Waals surface area contributed by atoms with Gasteiger partial charge in [-0.05, 0) is 139 Å². The second-order valence-electron chi connectivity index (χ2n) is 26.6. The number of aryl methyl sites for hydroxylation is 1. The highest BCUT2D eigenvalue weighted by Crippen LogP contribution is 2.52. The molecule has 1 spiro atoms. The molecule has 3 aromatic carbocycles. The minimum Gasteiger partial charge on any atom is -1.00 e. The lowest BCUT2D eigenvalue weighted by molar-refractivity contribution is -0.985. The summed E-state index contributed by atoms with van der Waals surface area (Å²) in [7, 11) is 3.41. The van der Waals surface area contributed by atoms with Gasteiger partial charge in [-0.25, -0.2) is 9.97 Å². The summed E-state index contributed by atoms with van der Waals surface area (Å²) in [6.07, 6.45) is 14.2. The van der Waals surface area contributed by atoms with Crippen molar-refractivity contribution in [1.29, 1.82) is 0 Å². The number of aliphatic hydroxyl groups excluding tert-OH is 1. The first-order valence-corrected chi connectivity index (χ1v) is 33.4. The Morgan fingerprint density at radius 3 is 2.17 bits per heavy atom. The third kappa shape index (κ3) is 13.9. The largest absolute Gasteiger partial charge is 1.00 e. The number of pyridine rings is 5. The van der Waals surface area contributed by atoms with Crippen LogP contribution in [-0.2, 0) is 53.2 Å². The van der Waals surface area contributed by atoms with E-state index in [0.29, 0.717) is 47.0 Å². The fourth-order valence-corrected chi connectivity index (χ4v) is 15.9. The monoisotopic (exact) mass is 1550 g/mol. The van der Waals surface area contributed by atoms with Crippen molar-refractivity contribution in [3.8, 4) is 11.5 Å². The predicted molar refractivity (Wildman–Crippen MR) is 365 cm³/mol. The summed E-state index contributed by atoms with van der Waals surface area (Å²) in [5.41, 5.74) is 10.1. The summed E-state index contributed by atoms with van der Waals surface area (Å²) in [5.74, 6) is 4.33. The van der Waals surface area contributed by atoms with E-state index in [1.54, 1.807) is 43.9 Å². The Kier molecular flexibility index (Phi) is 22.0. The number of amides is 2. The molecule has 14 rings (SSSR count). The molecule has 1 aliphatic carbocycles. The van der Waals surface area contributed by atoms with E-state index in [1.807, 2.05) is 95.0 Å². The molecular weight excluding hydrogens is 1480 g/mol. The van der Waals surface area contributed by atoms with Crippen molar-refractivity contribution in [2.45, 2.75) is 134 Å². The molecule has 5 aromatic heterocycles. The number of anilines is 2. The molecule has 2 bridgehead atoms. The molecule has 13 nitrogen and oxygen atoms in total. The van der Waals surface area contributed by atoms with E-state index in [4.69, 9.17) is 44.3 Å². The molecule has 6 aliphatic rings. The Balaban J connectivity index is 0.000000174. The van der Waals surface area contributed by atoms with Crippen molar-refractivity contribution < 1.29 is 67.2 Å². The number of piperidine rings is 3. The number of aliphatic hydroxyl groups is 1. The maximum Gasteiger partial charge on any atom is 0.240 e. The van der Waals surface area contributed by atoms with Crippen LogP contribution < -0.4 is 57.8 Å². The molecule has 2 amide bonds. The Hall–Kier alpha value is -5.34. The highest BCUT2D eigenvalue weighted by atomic mass is 79.9. The number of hydrogen-bond acceptors (Lipinski definition) is 9. The number of hydrogen-bond donors (Lipinski definition) is 1. The van der Waals surface area contributed by atoms with E-state index in [1.165, 1.54) is 16.7 Å². The standard InChI is InChI=1S/C36H40Br2N2O3.C18H19Cl2N3O.C18H18ClN3O.2BrH/c1-5-24-21-40(22-27-17-28(42-3)7-10-33(27)38)15-13-25(24)18-35(40)36(41)30-12-14-39(20-26-16-23(2)6-9-32(26)37)34-11-8-29(43-4)19-31(30)34;1-18(2,3)23-16-13(5-4-6-21-16)14(17(23)24)8-15-11(9-19)7-12(20)10-22-15;1-17(2,3)22-15-13(5-4-6-20-15)18(16(22)23)8-11-7-12(19)10-21-14(11)9-18;;/h5-12,14,16-17,19,24-25,35-36,41H,1,13,15,18,20-22H2,2-4H3;4-7,10,14H,8-9H2,1-3H3;4-7,10H,8-9H2,1-3H3;2*1H/q+2;;;;/p-2/t24-,25?,35?,36+,40?;;18-;;/m1.0../s1. The van der Waals surface area contributed by atoms with Crippen molar-refractivity contribution in [1.82, 2.24) is 19.9 Å². The Morgan fingerprint density at radius 2 is 1.47 bits per heavy atom. The summed E-state index contributed by atoms with van der Waals surface area (Å²) in [6.45, 7) is 22.0. The van der Waals surface area contributed by atoms with Gasteiger partial charge in [-0.1, -0.05) is 84.9 Å². The van der Waals surface area contributed by atoms with E-state index >= 15 is 0 Å². The van der Waals surface area contributed by atoms with Crippen LogP contribution in [0.4, 0.5) is 11.6 Å². The van der Waals surface area contributed by atoms with Crippen LogP contribution in [0.2, 0.25) is 10.0 Å². The first kappa shape index (κ1) is 71.0. The van der Waals surface area contributed by atoms with Crippen molar-refractivity contribution in [2.24, 2.45) is 11.8 Å². The first-order valence-electron chi connectivity index (χ1n) is 30.6. The number of nitrogens with zero attached hydrogens (tertiary/aromatic N) is 8. The van der Waals surface area contributed by atoms with E-state index in [9.17, 15) is 14.7 Å². The number of rotatable bonds is 12. The number of carbonyl (C=O) groups excluding carboxylic acids is 2. The molecule has 0 radical (unpaired) electrons. The molecule has 8 aromatic rings. The topological polar surface area (TPSA) is 135 Å². The number of fused-ring (bicyclic) bond motifs is 8. The molecule has 484 valence electrons. The molecular formula is C72H77Br4Cl3N8O5. The molecule has 92 heavy (non-hydrogen) atoms. The van der Waals surface area contributed by atoms with Gasteiger partial charge < -0.3 is 53.0 Å². The molecule has 10 heterocycles. The van der Waals surface area contributed by atoms with E-state index in [0.717, 1.165) is 126 Å². The SMILES string of the molecule is C=C[C@@H]1C[N+]2(Cc3cc(OC)ccc3Br)CCC1CC2[C@@H](O)c1cc[n+](Cc2cc(C)ccc2Br)c2ccc(OC)cc12.CC(C)(C)N1C(=O)C(Cc2ncc(Cl)cc2CCl)c2cccnc21.CC(C)(C)N1C(=O)[C@]2(Cc3cc(Cl)cnc3C2)c2cccnc21.[Br-].[Br-]. The zero-order chi connectivity index (χ0) is 64.2. The minimum absolute atomic E-state index is 0. The summed E-state index contributed by atoms with van der Waals surface area (Å²) in [4.78, 5) is 47.9. The van der Waals surface area contributed by atoms with Crippen LogP contribution in [0.1, 0.15) is 122 Å². The van der Waals surface area contributed by atoms with Gasteiger partial charge in [0.2, 0.25) is 17.3 Å². The molecule has 7 atom stereocenters. The summed E-state index contributed by atoms with van der Waals surface area (Å²) in [6, 6.07) is 32.6. The quantitative estimate of drug-likeness (QED) is 0.0550. The lowest BCUT2D eigenvalue weighted by atomic mass is 9.71. The van der Waals surface area contributed by atoms with Gasteiger partial charge >= 0.3 is 0 Å². The van der Waals surface area contributed by atoms with Gasteiger partial charge in [0.05, 0.1) is 54.1 Å². The Labute approximate surface area is 593 Å². The second kappa shape index (κ2) is 28.5. The highest BCUT2D eigenvalue weighted by Gasteiger charge is 2.58. The third-order valence-corrected chi connectivity index (χ3v) is 21.1. The lowest BCUT2D eigenvalue weighted by Gasteiger charge is -2.58. The predicted octanol–water partition coefficient (Wildman–Crippen LogP) is 9.33. The molecule has 5 aliphatic heterocycles. The number of ether oxygens (including phenoxy) is 2. The molecule has 0 saturated carbocycles. The van der Waals surface area contributed by atoms with Gasteiger partial charge in [-0.3, -0.25) is 29.4 Å². The fraction of sp³-hybridized carbons (Fsp3) is 0.375. The number of benzene rings is 3. The van der Waals surface area contributed by atoms with Crippen LogP contribution >= 0.6 is 66.7 Å². The lowest BCUT2D eigenvalue weighted by Crippen LogP contribution is -3.00. The number of quaternary nitrogens is 1. The van der Waals surface area contributed by atoms with Gasteiger partial charge in [-0.2, -0.15) is 4.57 Å². The number of methoxy groups -OCH3 is 2. The number of aromatic nitrogens is 5. The summed E-state index contributed by atoms with van der Waals surface area (Å²) < 4.78 is 16.5. The maximum absolute atomic E-state index is 13.4. The molecule has 4 unspecified atom stereocenters. The smallest absolute Gasteiger partial charge is 0.240 e. The van der Waals surface area contributed by atoms with Crippen LogP contribution in [0.5, 0.6) is 11.5 Å². The van der Waals surface area contributed by atoms with Crippen LogP contribution in [0, 0.1) is 18.8 Å². The molecule has 1 N–H and O–H groups in total. The van der Waals surface area contributed by atoms with Gasteiger partial charge in [0.25, 0.3) is 0 Å². The average molecular weight is 1560 g/mol. The zero-order valence-corrected chi connectivity index (χ0v) is 61.8. The van der Waals surface area contributed by atoms with E-state index < -0.39 is 11.5 Å². The highest BCUT2D eigenvalue weighted by molar-refractivity contribution is 9.10. The second-order valence-corrected chi connectivity index (χ2v) is 29.5. The summed E-state index contributed by atoms with van der Waals surface area (Å²) >= 11 is 25.7. The Bertz CT molecular complexity index is 4090. The van der Waals surface area contributed by atoms with Crippen LogP contribution in [0.3, 0.4) is 0 Å². The minimum atomic E-state index is -0.632. The number of alkyl halides is 1. The number of carbonyl (C=O) groups is 2. The molecule has 3 saturated heterocycles. The first-order chi connectivity index (χ1) is 42.9. The fourth-order valence-electron chi connectivity index (χ4n) is 14.5. The van der Waals surface area contributed by atoms with Crippen LogP contribution in [0.15, 0.2) is 150 Å². The Morgan fingerprint density at radius 1 is 0.804 bits per heavy atom. The van der Waals surface area contributed by atoms with Gasteiger partial charge in [0, 0.05) is 134 Å². The third-order valence-electron chi connectivity index (χ3n) is 18.8. The van der Waals surface area contributed by atoms with E-state index in [-0.39, 0.29) is 68.8 Å². The number of halogens is 7. The van der Waals surface area contributed by atoms with Gasteiger partial charge in [0.15, 0.2) is 12.7 Å². The van der Waals surface area contributed by atoms with E-state index in [2.05, 4.69) is 131 Å². The van der Waals surface area contributed by atoms with Crippen LogP contribution in [0.25, 0.3) is 10.9 Å². The summed E-state index contributed by atoms with van der Waals surface area (Å²) in [5, 5.41) is 14.6.